The molecule has 1 unspecified atom stereocenters. The third-order valence-electron chi connectivity index (χ3n) is 6.19. The normalized spacial score (nSPS) is 14.0. The molecule has 5 N–H and O–H groups in total. The molecule has 0 spiro atoms. The predicted octanol–water partition coefficient (Wildman–Crippen LogP) is 3.00. The average molecular weight is 493 g/mol. The van der Waals surface area contributed by atoms with E-state index in [1.165, 1.54) is 0 Å². The summed E-state index contributed by atoms with van der Waals surface area (Å²) in [6.07, 6.45) is 2.93. The van der Waals surface area contributed by atoms with Crippen molar-refractivity contribution in [2.75, 3.05) is 6.61 Å². The van der Waals surface area contributed by atoms with Gasteiger partial charge in [0.05, 0.1) is 12.1 Å². The van der Waals surface area contributed by atoms with Gasteiger partial charge >= 0.3 is 5.97 Å². The molecule has 192 valence electrons. The first-order chi connectivity index (χ1) is 17.0. The largest absolute Gasteiger partial charge is 0.464 e. The molecular formula is C28H36N4O4. The van der Waals surface area contributed by atoms with Crippen LogP contribution in [0.1, 0.15) is 45.2 Å². The van der Waals surface area contributed by atoms with Crippen LogP contribution in [-0.4, -0.2) is 46.5 Å². The van der Waals surface area contributed by atoms with E-state index in [1.54, 1.807) is 27.7 Å². The first-order valence-electron chi connectivity index (χ1n) is 12.2. The number of nitrogens with one attached hydrogen (secondary N) is 3. The number of hydrogen-bond acceptors (Lipinski definition) is 5. The smallest absolute Gasteiger partial charge is 0.331 e. The highest BCUT2D eigenvalue weighted by Crippen LogP contribution is 2.21. The summed E-state index contributed by atoms with van der Waals surface area (Å²) in [6, 6.07) is 16.5. The van der Waals surface area contributed by atoms with Crippen LogP contribution in [0.25, 0.3) is 10.9 Å². The van der Waals surface area contributed by atoms with Gasteiger partial charge in [0.25, 0.3) is 0 Å². The Bertz CT molecular complexity index is 1200. The summed E-state index contributed by atoms with van der Waals surface area (Å²) in [5.41, 5.74) is 6.35. The van der Waals surface area contributed by atoms with Crippen LogP contribution in [0.2, 0.25) is 0 Å². The van der Waals surface area contributed by atoms with E-state index in [2.05, 4.69) is 15.6 Å². The van der Waals surface area contributed by atoms with Gasteiger partial charge in [0.2, 0.25) is 11.8 Å². The molecule has 2 amide bonds. The predicted molar refractivity (Wildman–Crippen MR) is 140 cm³/mol. The van der Waals surface area contributed by atoms with Gasteiger partial charge in [0.15, 0.2) is 0 Å². The summed E-state index contributed by atoms with van der Waals surface area (Å²) >= 11 is 0. The maximum absolute atomic E-state index is 13.6. The van der Waals surface area contributed by atoms with Gasteiger partial charge in [-0.1, -0.05) is 48.5 Å². The lowest BCUT2D eigenvalue weighted by Gasteiger charge is -2.31. The summed E-state index contributed by atoms with van der Waals surface area (Å²) in [7, 11) is 0. The zero-order valence-corrected chi connectivity index (χ0v) is 21.4. The zero-order valence-electron chi connectivity index (χ0n) is 21.4. The molecule has 0 saturated carbocycles. The Hall–Kier alpha value is -3.65. The lowest BCUT2D eigenvalue weighted by atomic mass is 9.92. The number of carbonyl (C=O) groups excluding carboxylic acids is 3. The summed E-state index contributed by atoms with van der Waals surface area (Å²) < 4.78 is 5.31. The summed E-state index contributed by atoms with van der Waals surface area (Å²) in [5.74, 6) is -1.48. The minimum Gasteiger partial charge on any atom is -0.464 e. The van der Waals surface area contributed by atoms with Crippen molar-refractivity contribution in [1.29, 1.82) is 0 Å². The molecule has 36 heavy (non-hydrogen) atoms. The van der Waals surface area contributed by atoms with Gasteiger partial charge in [0.1, 0.15) is 11.6 Å². The summed E-state index contributed by atoms with van der Waals surface area (Å²) in [6.45, 7) is 6.72. The van der Waals surface area contributed by atoms with Gasteiger partial charge < -0.3 is 26.1 Å². The van der Waals surface area contributed by atoms with Crippen LogP contribution in [0.4, 0.5) is 0 Å². The number of esters is 1. The standard InChI is InChI=1S/C28H36N4O4/c1-5-36-26(35)28(4,16-15-19-11-7-6-8-12-19)32-24(33)23(31-25(34)27(2,3)29)17-20-18-30-22-14-10-9-13-21(20)22/h6-14,18,23,30H,5,15-17,29H2,1-4H3,(H,31,34)(H,32,33)/t23-,28?/m1/s1. The Morgan fingerprint density at radius 3 is 2.36 bits per heavy atom. The highest BCUT2D eigenvalue weighted by Gasteiger charge is 2.39. The number of nitrogens with two attached hydrogens (primary N) is 1. The number of rotatable bonds is 11. The summed E-state index contributed by atoms with van der Waals surface area (Å²) in [5, 5.41) is 6.62. The van der Waals surface area contributed by atoms with Crippen LogP contribution in [0.3, 0.4) is 0 Å². The molecule has 3 aromatic rings. The number of hydrogen-bond donors (Lipinski definition) is 4. The molecular weight excluding hydrogens is 456 g/mol. The number of H-pyrrole nitrogens is 1. The number of amides is 2. The number of aromatic nitrogens is 1. The molecule has 0 aliphatic rings. The average Bonchev–Trinajstić information content (AvgIpc) is 3.25. The van der Waals surface area contributed by atoms with E-state index in [0.717, 1.165) is 22.0 Å². The number of para-hydroxylation sites is 1. The monoisotopic (exact) mass is 492 g/mol. The van der Waals surface area contributed by atoms with E-state index in [-0.39, 0.29) is 13.0 Å². The highest BCUT2D eigenvalue weighted by atomic mass is 16.5. The van der Waals surface area contributed by atoms with E-state index in [4.69, 9.17) is 10.5 Å². The number of aryl methyl sites for hydroxylation is 1. The fourth-order valence-electron chi connectivity index (χ4n) is 3.98. The molecule has 2 aromatic carbocycles. The number of benzene rings is 2. The Kier molecular flexibility index (Phi) is 8.53. The molecule has 0 bridgehead atoms. The van der Waals surface area contributed by atoms with E-state index in [0.29, 0.717) is 12.8 Å². The van der Waals surface area contributed by atoms with Crippen LogP contribution >= 0.6 is 0 Å². The van der Waals surface area contributed by atoms with E-state index < -0.39 is 34.9 Å². The van der Waals surface area contributed by atoms with Crippen LogP contribution < -0.4 is 16.4 Å². The number of fused-ring (bicyclic) bond motifs is 1. The van der Waals surface area contributed by atoms with Crippen LogP contribution in [-0.2, 0) is 32.0 Å². The Labute approximate surface area is 212 Å². The zero-order chi connectivity index (χ0) is 26.3. The van der Waals surface area contributed by atoms with Crippen molar-refractivity contribution in [1.82, 2.24) is 15.6 Å². The van der Waals surface area contributed by atoms with Crippen molar-refractivity contribution in [3.63, 3.8) is 0 Å². The first-order valence-corrected chi connectivity index (χ1v) is 12.2. The minimum atomic E-state index is -1.29. The van der Waals surface area contributed by atoms with Gasteiger partial charge in [-0.05, 0) is 57.7 Å². The maximum Gasteiger partial charge on any atom is 0.331 e. The minimum absolute atomic E-state index is 0.187. The number of carbonyl (C=O) groups is 3. The van der Waals surface area contributed by atoms with E-state index in [1.807, 2.05) is 60.8 Å². The Balaban J connectivity index is 1.87. The van der Waals surface area contributed by atoms with Gasteiger partial charge in [-0.15, -0.1) is 0 Å². The molecule has 8 nitrogen and oxygen atoms in total. The molecule has 0 radical (unpaired) electrons. The third-order valence-corrected chi connectivity index (χ3v) is 6.19. The lowest BCUT2D eigenvalue weighted by molar-refractivity contribution is -0.153. The quantitative estimate of drug-likeness (QED) is 0.306. The Morgan fingerprint density at radius 1 is 1.03 bits per heavy atom. The second-order valence-electron chi connectivity index (χ2n) is 9.84. The van der Waals surface area contributed by atoms with Crippen molar-refractivity contribution < 1.29 is 19.1 Å². The van der Waals surface area contributed by atoms with Gasteiger partial charge in [-0.25, -0.2) is 4.79 Å². The van der Waals surface area contributed by atoms with Crippen molar-refractivity contribution in [3.8, 4) is 0 Å². The van der Waals surface area contributed by atoms with Crippen LogP contribution in [0, 0.1) is 0 Å². The van der Waals surface area contributed by atoms with E-state index in [9.17, 15) is 14.4 Å². The van der Waals surface area contributed by atoms with Crippen molar-refractivity contribution >= 4 is 28.7 Å². The summed E-state index contributed by atoms with van der Waals surface area (Å²) in [4.78, 5) is 42.6. The fraction of sp³-hybridized carbons (Fsp3) is 0.393. The van der Waals surface area contributed by atoms with E-state index >= 15 is 0 Å². The molecule has 0 saturated heterocycles. The van der Waals surface area contributed by atoms with Crippen LogP contribution in [0.5, 0.6) is 0 Å². The van der Waals surface area contributed by atoms with Crippen molar-refractivity contribution in [2.24, 2.45) is 5.73 Å². The molecule has 8 heteroatoms. The lowest BCUT2D eigenvalue weighted by Crippen LogP contribution is -2.61. The molecule has 0 aliphatic carbocycles. The topological polar surface area (TPSA) is 126 Å². The molecule has 2 atom stereocenters. The molecule has 0 aliphatic heterocycles. The SMILES string of the molecule is CCOC(=O)C(C)(CCc1ccccc1)NC(=O)[C@@H](Cc1c[nH]c2ccccc12)NC(=O)C(C)(C)N. The van der Waals surface area contributed by atoms with Gasteiger partial charge in [-0.2, -0.15) is 0 Å². The molecule has 3 rings (SSSR count). The second kappa shape index (κ2) is 11.4. The van der Waals surface area contributed by atoms with Crippen LogP contribution in [0.15, 0.2) is 60.8 Å². The van der Waals surface area contributed by atoms with Crippen molar-refractivity contribution in [3.05, 3.63) is 71.9 Å². The number of aromatic amines is 1. The third kappa shape index (κ3) is 6.73. The maximum atomic E-state index is 13.6. The first kappa shape index (κ1) is 26.9. The fourth-order valence-corrected chi connectivity index (χ4v) is 3.98. The highest BCUT2D eigenvalue weighted by molar-refractivity contribution is 5.95. The molecule has 1 heterocycles. The van der Waals surface area contributed by atoms with Crippen molar-refractivity contribution in [2.45, 2.75) is 64.1 Å². The second-order valence-corrected chi connectivity index (χ2v) is 9.84. The Morgan fingerprint density at radius 2 is 1.69 bits per heavy atom. The van der Waals surface area contributed by atoms with Gasteiger partial charge in [0, 0.05) is 23.5 Å². The molecule has 1 aromatic heterocycles. The number of ether oxygens (including phenoxy) is 1. The molecule has 0 fully saturated rings. The van der Waals surface area contributed by atoms with Gasteiger partial charge in [-0.3, -0.25) is 9.59 Å².